The predicted octanol–water partition coefficient (Wildman–Crippen LogP) is 6.39. The Morgan fingerprint density at radius 1 is 1.06 bits per heavy atom. The van der Waals surface area contributed by atoms with E-state index in [2.05, 4.69) is 33.9 Å². The van der Waals surface area contributed by atoms with Gasteiger partial charge in [0.05, 0.1) is 30.8 Å². The summed E-state index contributed by atoms with van der Waals surface area (Å²) in [5.41, 5.74) is 1.21. The normalized spacial score (nSPS) is 13.6. The van der Waals surface area contributed by atoms with Crippen LogP contribution in [-0.2, 0) is 20.5 Å². The van der Waals surface area contributed by atoms with E-state index in [4.69, 9.17) is 18.6 Å². The molecule has 0 radical (unpaired) electrons. The van der Waals surface area contributed by atoms with Crippen LogP contribution >= 0.6 is 0 Å². The van der Waals surface area contributed by atoms with Crippen LogP contribution in [0.4, 0.5) is 5.69 Å². The Balaban J connectivity index is 2.03. The van der Waals surface area contributed by atoms with Gasteiger partial charge in [0.1, 0.15) is 11.9 Å². The van der Waals surface area contributed by atoms with E-state index in [1.807, 2.05) is 31.2 Å². The Bertz CT molecular complexity index is 985. The van der Waals surface area contributed by atoms with E-state index < -0.39 is 25.3 Å². The summed E-state index contributed by atoms with van der Waals surface area (Å²) in [6.45, 7) is 14.2. The number of nitrogens with zero attached hydrogens (tertiary/aromatic N) is 1. The molecule has 0 saturated carbocycles. The predicted molar refractivity (Wildman–Crippen MR) is 142 cm³/mol. The minimum atomic E-state index is -1.97. The lowest BCUT2D eigenvalue weighted by Crippen LogP contribution is -2.43. The lowest BCUT2D eigenvalue weighted by molar-refractivity contribution is -0.384. The summed E-state index contributed by atoms with van der Waals surface area (Å²) in [4.78, 5) is 23.2. The fraction of sp³-hybridized carbons (Fsp3) is 0.519. The number of nitro benzene ring substituents is 1. The van der Waals surface area contributed by atoms with Gasteiger partial charge in [0, 0.05) is 31.1 Å². The van der Waals surface area contributed by atoms with Crippen molar-refractivity contribution in [1.82, 2.24) is 0 Å². The molecule has 8 nitrogen and oxygen atoms in total. The second-order valence-electron chi connectivity index (χ2n) is 10.5. The maximum Gasteiger partial charge on any atom is 0.338 e. The summed E-state index contributed by atoms with van der Waals surface area (Å²) < 4.78 is 23.3. The quantitative estimate of drug-likeness (QED) is 0.0997. The van der Waals surface area contributed by atoms with Crippen molar-refractivity contribution in [2.45, 2.75) is 65.0 Å². The van der Waals surface area contributed by atoms with Crippen molar-refractivity contribution in [3.8, 4) is 5.75 Å². The number of non-ortho nitro benzene ring substituents is 1. The Morgan fingerprint density at radius 3 is 2.19 bits per heavy atom. The molecule has 0 heterocycles. The van der Waals surface area contributed by atoms with Crippen LogP contribution < -0.4 is 4.74 Å². The van der Waals surface area contributed by atoms with Crippen LogP contribution in [0.3, 0.4) is 0 Å². The van der Waals surface area contributed by atoms with Gasteiger partial charge >= 0.3 is 5.97 Å². The second-order valence-corrected chi connectivity index (χ2v) is 15.3. The van der Waals surface area contributed by atoms with Gasteiger partial charge in [-0.25, -0.2) is 4.79 Å². The van der Waals surface area contributed by atoms with Crippen LogP contribution in [0.15, 0.2) is 48.5 Å². The monoisotopic (exact) mass is 517 g/mol. The first-order chi connectivity index (χ1) is 16.8. The smallest absolute Gasteiger partial charge is 0.338 e. The third-order valence-corrected chi connectivity index (χ3v) is 11.2. The number of esters is 1. The molecule has 0 spiro atoms. The molecule has 198 valence electrons. The van der Waals surface area contributed by atoms with Crippen molar-refractivity contribution < 1.29 is 28.4 Å². The van der Waals surface area contributed by atoms with Crippen molar-refractivity contribution in [2.75, 3.05) is 20.3 Å². The first-order valence-electron chi connectivity index (χ1n) is 12.1. The van der Waals surface area contributed by atoms with Gasteiger partial charge in [-0.15, -0.1) is 0 Å². The third-order valence-electron chi connectivity index (χ3n) is 6.69. The van der Waals surface area contributed by atoms with E-state index in [1.165, 1.54) is 24.3 Å². The minimum absolute atomic E-state index is 0.0642. The number of benzene rings is 2. The van der Waals surface area contributed by atoms with Gasteiger partial charge < -0.3 is 18.6 Å². The van der Waals surface area contributed by atoms with Gasteiger partial charge in [-0.1, -0.05) is 39.8 Å². The van der Waals surface area contributed by atoms with Gasteiger partial charge in [-0.3, -0.25) is 10.1 Å². The zero-order valence-electron chi connectivity index (χ0n) is 22.4. The molecule has 36 heavy (non-hydrogen) atoms. The highest BCUT2D eigenvalue weighted by Crippen LogP contribution is 2.37. The Hall–Kier alpha value is -2.75. The van der Waals surface area contributed by atoms with Gasteiger partial charge in [0.2, 0.25) is 0 Å². The lowest BCUT2D eigenvalue weighted by Gasteiger charge is -2.37. The highest BCUT2D eigenvalue weighted by Gasteiger charge is 2.38. The van der Waals surface area contributed by atoms with Gasteiger partial charge in [-0.05, 0) is 48.0 Å². The molecule has 0 fully saturated rings. The summed E-state index contributed by atoms with van der Waals surface area (Å²) in [5, 5.41) is 11.0. The fourth-order valence-electron chi connectivity index (χ4n) is 3.16. The highest BCUT2D eigenvalue weighted by molar-refractivity contribution is 6.74. The molecule has 0 aliphatic carbocycles. The maximum absolute atomic E-state index is 12.8. The van der Waals surface area contributed by atoms with Crippen molar-refractivity contribution in [2.24, 2.45) is 5.92 Å². The fourth-order valence-corrected chi connectivity index (χ4v) is 4.27. The van der Waals surface area contributed by atoms with E-state index in [-0.39, 0.29) is 22.2 Å². The summed E-state index contributed by atoms with van der Waals surface area (Å²) in [6, 6.07) is 13.1. The van der Waals surface area contributed by atoms with Crippen LogP contribution in [-0.4, -0.2) is 45.6 Å². The summed E-state index contributed by atoms with van der Waals surface area (Å²) >= 11 is 0. The Labute approximate surface area is 215 Å². The number of hydrogen-bond acceptors (Lipinski definition) is 7. The second kappa shape index (κ2) is 13.0. The van der Waals surface area contributed by atoms with Crippen molar-refractivity contribution in [3.63, 3.8) is 0 Å². The Kier molecular flexibility index (Phi) is 10.6. The molecule has 0 amide bonds. The van der Waals surface area contributed by atoms with Crippen LogP contribution in [0.5, 0.6) is 5.75 Å². The van der Waals surface area contributed by atoms with Crippen molar-refractivity contribution in [3.05, 3.63) is 69.8 Å². The van der Waals surface area contributed by atoms with Crippen LogP contribution in [0, 0.1) is 16.0 Å². The first-order valence-corrected chi connectivity index (χ1v) is 15.0. The number of nitro groups is 1. The largest absolute Gasteiger partial charge is 0.497 e. The molecule has 0 bridgehead atoms. The van der Waals surface area contributed by atoms with Gasteiger partial charge in [0.15, 0.2) is 8.32 Å². The number of rotatable bonds is 13. The summed E-state index contributed by atoms with van der Waals surface area (Å²) in [6.07, 6.45) is 0.0602. The Morgan fingerprint density at radius 2 is 1.67 bits per heavy atom. The highest BCUT2D eigenvalue weighted by atomic mass is 28.4. The number of carbonyl (C=O) groups excluding carboxylic acids is 1. The zero-order valence-corrected chi connectivity index (χ0v) is 23.4. The van der Waals surface area contributed by atoms with Crippen molar-refractivity contribution in [1.29, 1.82) is 0 Å². The topological polar surface area (TPSA) is 97.1 Å². The average Bonchev–Trinajstić information content (AvgIpc) is 2.84. The van der Waals surface area contributed by atoms with Gasteiger partial charge in [0.25, 0.3) is 5.69 Å². The molecule has 0 aliphatic rings. The van der Waals surface area contributed by atoms with Gasteiger partial charge in [-0.2, -0.15) is 0 Å². The van der Waals surface area contributed by atoms with E-state index in [1.54, 1.807) is 7.11 Å². The molecular formula is C27H39NO7Si. The number of methoxy groups -OCH3 is 1. The van der Waals surface area contributed by atoms with Crippen LogP contribution in [0.25, 0.3) is 0 Å². The maximum atomic E-state index is 12.8. The molecule has 0 unspecified atom stereocenters. The van der Waals surface area contributed by atoms with Crippen LogP contribution in [0.1, 0.15) is 50.0 Å². The van der Waals surface area contributed by atoms with E-state index in [0.717, 1.165) is 11.3 Å². The SMILES string of the molecule is COc1ccc(COCC[C@H](OC(=O)c2ccc([N+](=O)[O-])cc2)[C@H](C)CO[Si](C)(C)C(C)(C)C)cc1. The molecular weight excluding hydrogens is 478 g/mol. The average molecular weight is 518 g/mol. The van der Waals surface area contributed by atoms with E-state index in [9.17, 15) is 14.9 Å². The number of hydrogen-bond donors (Lipinski definition) is 0. The third kappa shape index (κ3) is 8.72. The molecule has 2 atom stereocenters. The first kappa shape index (κ1) is 29.5. The molecule has 0 aromatic heterocycles. The summed E-state index contributed by atoms with van der Waals surface area (Å²) in [5.74, 6) is 0.197. The van der Waals surface area contributed by atoms with Crippen molar-refractivity contribution >= 4 is 20.0 Å². The minimum Gasteiger partial charge on any atom is -0.497 e. The molecule has 2 rings (SSSR count). The zero-order chi connectivity index (χ0) is 26.9. The molecule has 0 N–H and O–H groups in total. The standard InChI is InChI=1S/C27H39NO7Si/c1-20(18-34-36(6,7)27(2,3)4)25(16-17-33-19-21-8-14-24(32-5)15-9-21)35-26(29)22-10-12-23(13-11-22)28(30)31/h8-15,20,25H,16-19H2,1-7H3/t20-,25+/m1/s1. The summed E-state index contributed by atoms with van der Waals surface area (Å²) in [7, 11) is -0.346. The molecule has 0 aliphatic heterocycles. The van der Waals surface area contributed by atoms with E-state index in [0.29, 0.717) is 26.2 Å². The molecule has 0 saturated heterocycles. The molecule has 2 aromatic carbocycles. The molecule has 9 heteroatoms. The molecule has 2 aromatic rings. The van der Waals surface area contributed by atoms with Crippen LogP contribution in [0.2, 0.25) is 18.1 Å². The lowest BCUT2D eigenvalue weighted by atomic mass is 10.0. The number of carbonyl (C=O) groups is 1. The van der Waals surface area contributed by atoms with E-state index >= 15 is 0 Å². The number of ether oxygens (including phenoxy) is 3.